The topological polar surface area (TPSA) is 145 Å². The van der Waals surface area contributed by atoms with Crippen LogP contribution >= 0.6 is 0 Å². The Morgan fingerprint density at radius 1 is 0.815 bits per heavy atom. The zero-order valence-corrected chi connectivity index (χ0v) is 16.0. The van der Waals surface area contributed by atoms with Gasteiger partial charge in [-0.2, -0.15) is 0 Å². The molecule has 0 spiro atoms. The summed E-state index contributed by atoms with van der Waals surface area (Å²) in [7, 11) is 2.87. The number of para-hydroxylation sites is 2. The summed E-state index contributed by atoms with van der Waals surface area (Å²) in [5, 5.41) is 18.5. The van der Waals surface area contributed by atoms with Gasteiger partial charge in [0.05, 0.1) is 25.3 Å². The van der Waals surface area contributed by atoms with Crippen molar-refractivity contribution in [3.8, 4) is 23.0 Å². The number of aromatic hydroxyl groups is 2. The van der Waals surface area contributed by atoms with E-state index in [0.717, 1.165) is 0 Å². The zero-order valence-electron chi connectivity index (χ0n) is 15.0. The van der Waals surface area contributed by atoms with Gasteiger partial charge in [0, 0.05) is 30.2 Å². The van der Waals surface area contributed by atoms with Crippen molar-refractivity contribution in [2.24, 2.45) is 11.5 Å². The van der Waals surface area contributed by atoms with Crippen molar-refractivity contribution in [1.29, 1.82) is 0 Å². The Bertz CT molecular complexity index is 638. The number of phenols is 2. The van der Waals surface area contributed by atoms with E-state index in [9.17, 15) is 19.8 Å². The zero-order chi connectivity index (χ0) is 19.9. The van der Waals surface area contributed by atoms with E-state index in [4.69, 9.17) is 20.9 Å². The fraction of sp³-hybridized carbons (Fsp3) is 0.222. The van der Waals surface area contributed by atoms with E-state index in [1.807, 2.05) is 0 Å². The molecule has 6 N–H and O–H groups in total. The Hall–Kier alpha value is -2.58. The van der Waals surface area contributed by atoms with Crippen LogP contribution in [0, 0.1) is 0 Å². The summed E-state index contributed by atoms with van der Waals surface area (Å²) in [5.41, 5.74) is 10.3. The Kier molecular flexibility index (Phi) is 15.5. The summed E-state index contributed by atoms with van der Waals surface area (Å²) >= 11 is 0. The van der Waals surface area contributed by atoms with Gasteiger partial charge in [-0.3, -0.25) is 9.59 Å². The van der Waals surface area contributed by atoms with Crippen LogP contribution in [0.2, 0.25) is 0 Å². The molecule has 153 valence electrons. The van der Waals surface area contributed by atoms with Crippen LogP contribution in [0.5, 0.6) is 23.0 Å². The van der Waals surface area contributed by atoms with Gasteiger partial charge in [-0.25, -0.2) is 0 Å². The molecule has 0 heterocycles. The molecule has 0 aliphatic rings. The summed E-state index contributed by atoms with van der Waals surface area (Å²) < 4.78 is 9.56. The number of nitrogens with two attached hydrogens (primary N) is 2. The molecule has 2 rings (SSSR count). The Labute approximate surface area is 168 Å². The van der Waals surface area contributed by atoms with E-state index in [1.54, 1.807) is 24.3 Å². The van der Waals surface area contributed by atoms with Crippen LogP contribution in [0.25, 0.3) is 0 Å². The number of benzene rings is 2. The molecule has 27 heavy (non-hydrogen) atoms. The summed E-state index contributed by atoms with van der Waals surface area (Å²) in [6.07, 6.45) is 1.16. The third-order valence-electron chi connectivity index (χ3n) is 2.92. The van der Waals surface area contributed by atoms with E-state index in [-0.39, 0.29) is 39.7 Å². The standard InChI is InChI=1S/2C8H8O3.C2H8N2.Cu/c2*1-11-7-4-2-3-6(5-9)8(7)10;3-1-2-4;/h2*2-5,10H,1H3;1-4H2;. The monoisotopic (exact) mass is 427 g/mol. The Balaban J connectivity index is 0. The van der Waals surface area contributed by atoms with Crippen molar-refractivity contribution in [1.82, 2.24) is 0 Å². The molecule has 8 nitrogen and oxygen atoms in total. The van der Waals surface area contributed by atoms with Crippen LogP contribution in [0.3, 0.4) is 0 Å². The van der Waals surface area contributed by atoms with Crippen molar-refractivity contribution in [2.75, 3.05) is 27.3 Å². The fourth-order valence-electron chi connectivity index (χ4n) is 1.60. The quantitative estimate of drug-likeness (QED) is 0.413. The number of rotatable bonds is 5. The average Bonchev–Trinajstić information content (AvgIpc) is 2.69. The molecule has 0 unspecified atom stereocenters. The van der Waals surface area contributed by atoms with Crippen molar-refractivity contribution in [3.05, 3.63) is 47.5 Å². The second-order valence-electron chi connectivity index (χ2n) is 4.61. The molecule has 0 saturated carbocycles. The molecule has 0 bridgehead atoms. The Morgan fingerprint density at radius 2 is 1.15 bits per heavy atom. The number of phenolic OH excluding ortho intramolecular Hbond substituents is 2. The van der Waals surface area contributed by atoms with Crippen LogP contribution in [0.15, 0.2) is 36.4 Å². The van der Waals surface area contributed by atoms with E-state index >= 15 is 0 Å². The summed E-state index contributed by atoms with van der Waals surface area (Å²) in [4.78, 5) is 20.6. The number of hydrogen-bond acceptors (Lipinski definition) is 8. The predicted molar refractivity (Wildman–Crippen MR) is 98.2 cm³/mol. The molecule has 0 saturated heterocycles. The third-order valence-corrected chi connectivity index (χ3v) is 2.92. The van der Waals surface area contributed by atoms with Crippen LogP contribution in [0.1, 0.15) is 20.7 Å². The molecule has 0 amide bonds. The maximum Gasteiger partial charge on any atom is 0.168 e. The Morgan fingerprint density at radius 3 is 1.37 bits per heavy atom. The largest absolute Gasteiger partial charge is 0.504 e. The van der Waals surface area contributed by atoms with Crippen LogP contribution in [-0.2, 0) is 17.1 Å². The van der Waals surface area contributed by atoms with Crippen molar-refractivity contribution in [3.63, 3.8) is 0 Å². The number of hydrogen-bond donors (Lipinski definition) is 4. The molecule has 0 atom stereocenters. The minimum absolute atomic E-state index is 0. The predicted octanol–water partition coefficient (Wildman–Crippen LogP) is 1.33. The average molecular weight is 428 g/mol. The molecular weight excluding hydrogens is 404 g/mol. The van der Waals surface area contributed by atoms with E-state index in [2.05, 4.69) is 0 Å². The SMILES string of the molecule is COc1cccc(C=O)c1O.COc1cccc(C=O)c1O.NCCN.[Cu]. The number of ether oxygens (including phenoxy) is 2. The first-order valence-electron chi connectivity index (χ1n) is 7.53. The second-order valence-corrected chi connectivity index (χ2v) is 4.61. The summed E-state index contributed by atoms with van der Waals surface area (Å²) in [6, 6.07) is 9.49. The maximum atomic E-state index is 10.3. The number of carbonyl (C=O) groups excluding carboxylic acids is 2. The van der Waals surface area contributed by atoms with Crippen LogP contribution < -0.4 is 20.9 Å². The van der Waals surface area contributed by atoms with E-state index < -0.39 is 0 Å². The van der Waals surface area contributed by atoms with Crippen molar-refractivity contribution < 1.29 is 46.3 Å². The molecule has 0 aliphatic heterocycles. The minimum atomic E-state index is -0.106. The first kappa shape index (κ1) is 26.6. The summed E-state index contributed by atoms with van der Waals surface area (Å²) in [6.45, 7) is 1.19. The van der Waals surface area contributed by atoms with Crippen LogP contribution in [0.4, 0.5) is 0 Å². The van der Waals surface area contributed by atoms with Crippen molar-refractivity contribution in [2.45, 2.75) is 0 Å². The molecule has 0 fully saturated rings. The molecule has 0 aliphatic carbocycles. The molecule has 1 radical (unpaired) electrons. The second kappa shape index (κ2) is 15.7. The molecular formula is C18H24CuN2O6. The van der Waals surface area contributed by atoms with Gasteiger partial charge in [0.15, 0.2) is 35.6 Å². The number of aldehydes is 2. The normalized spacial score (nSPS) is 8.59. The van der Waals surface area contributed by atoms with Gasteiger partial charge in [0.2, 0.25) is 0 Å². The molecule has 2 aromatic rings. The van der Waals surface area contributed by atoms with Gasteiger partial charge in [0.25, 0.3) is 0 Å². The number of carbonyl (C=O) groups is 2. The first-order chi connectivity index (χ1) is 12.5. The third kappa shape index (κ3) is 9.07. The van der Waals surface area contributed by atoms with E-state index in [1.165, 1.54) is 26.4 Å². The number of methoxy groups -OCH3 is 2. The smallest absolute Gasteiger partial charge is 0.168 e. The van der Waals surface area contributed by atoms with Crippen LogP contribution in [-0.4, -0.2) is 50.1 Å². The fourth-order valence-corrected chi connectivity index (χ4v) is 1.60. The maximum absolute atomic E-state index is 10.3. The summed E-state index contributed by atoms with van der Waals surface area (Å²) in [5.74, 6) is 0.416. The molecule has 0 aromatic heterocycles. The van der Waals surface area contributed by atoms with Gasteiger partial charge in [-0.05, 0) is 24.3 Å². The van der Waals surface area contributed by atoms with Gasteiger partial charge >= 0.3 is 0 Å². The van der Waals surface area contributed by atoms with Gasteiger partial charge in [0.1, 0.15) is 0 Å². The minimum Gasteiger partial charge on any atom is -0.504 e. The molecule has 9 heteroatoms. The van der Waals surface area contributed by atoms with Gasteiger partial charge in [-0.15, -0.1) is 0 Å². The van der Waals surface area contributed by atoms with E-state index in [0.29, 0.717) is 37.2 Å². The first-order valence-corrected chi connectivity index (χ1v) is 7.53. The van der Waals surface area contributed by atoms with Crippen molar-refractivity contribution >= 4 is 12.6 Å². The van der Waals surface area contributed by atoms with Gasteiger partial charge in [-0.1, -0.05) is 12.1 Å². The molecule has 2 aromatic carbocycles. The van der Waals surface area contributed by atoms with Gasteiger partial charge < -0.3 is 31.2 Å².